The highest BCUT2D eigenvalue weighted by Crippen LogP contribution is 2.33. The minimum atomic E-state index is -0.625. The van der Waals surface area contributed by atoms with Crippen LogP contribution in [0.15, 0.2) is 12.1 Å². The molecule has 0 spiro atoms. The standard InChI is InChI=1S/C14H20O3/c1-10-8-12-13(17-7-6-16-12)9-11(10)4-5-14(2,3)15/h8-9,15H,4-7H2,1-3H3. The summed E-state index contributed by atoms with van der Waals surface area (Å²) in [5.74, 6) is 1.66. The zero-order chi connectivity index (χ0) is 12.5. The maximum Gasteiger partial charge on any atom is 0.161 e. The van der Waals surface area contributed by atoms with Crippen LogP contribution in [-0.2, 0) is 6.42 Å². The molecule has 0 aromatic heterocycles. The van der Waals surface area contributed by atoms with Crippen LogP contribution in [0.3, 0.4) is 0 Å². The van der Waals surface area contributed by atoms with E-state index in [-0.39, 0.29) is 0 Å². The summed E-state index contributed by atoms with van der Waals surface area (Å²) in [5.41, 5.74) is 1.79. The van der Waals surface area contributed by atoms with E-state index in [1.165, 1.54) is 11.1 Å². The quantitative estimate of drug-likeness (QED) is 0.876. The molecule has 0 amide bonds. The Balaban J connectivity index is 2.17. The normalized spacial score (nSPS) is 14.8. The molecule has 0 unspecified atom stereocenters. The van der Waals surface area contributed by atoms with E-state index in [1.807, 2.05) is 26.0 Å². The first-order valence-electron chi connectivity index (χ1n) is 6.07. The van der Waals surface area contributed by atoms with Crippen LogP contribution in [0.2, 0.25) is 0 Å². The minimum absolute atomic E-state index is 0.612. The van der Waals surface area contributed by atoms with Crippen molar-refractivity contribution in [2.45, 2.75) is 39.2 Å². The average Bonchev–Trinajstić information content (AvgIpc) is 2.25. The second-order valence-corrected chi connectivity index (χ2v) is 5.23. The molecule has 1 aliphatic rings. The van der Waals surface area contributed by atoms with Crippen LogP contribution >= 0.6 is 0 Å². The van der Waals surface area contributed by atoms with Gasteiger partial charge in [-0.1, -0.05) is 0 Å². The molecule has 3 heteroatoms. The van der Waals surface area contributed by atoms with Gasteiger partial charge < -0.3 is 14.6 Å². The van der Waals surface area contributed by atoms with E-state index in [0.717, 1.165) is 24.3 Å². The van der Waals surface area contributed by atoms with Crippen molar-refractivity contribution >= 4 is 0 Å². The number of hydrogen-bond donors (Lipinski definition) is 1. The van der Waals surface area contributed by atoms with Crippen LogP contribution in [0, 0.1) is 6.92 Å². The molecular formula is C14H20O3. The third kappa shape index (κ3) is 3.13. The summed E-state index contributed by atoms with van der Waals surface area (Å²) < 4.78 is 11.1. The van der Waals surface area contributed by atoms with E-state index < -0.39 is 5.60 Å². The predicted octanol–water partition coefficient (Wildman–Crippen LogP) is 2.47. The number of ether oxygens (including phenoxy) is 2. The summed E-state index contributed by atoms with van der Waals surface area (Å²) in [4.78, 5) is 0. The fraction of sp³-hybridized carbons (Fsp3) is 0.571. The minimum Gasteiger partial charge on any atom is -0.486 e. The van der Waals surface area contributed by atoms with Gasteiger partial charge in [0.15, 0.2) is 11.5 Å². The number of rotatable bonds is 3. The van der Waals surface area contributed by atoms with E-state index in [9.17, 15) is 5.11 Å². The average molecular weight is 236 g/mol. The van der Waals surface area contributed by atoms with Crippen molar-refractivity contribution in [1.29, 1.82) is 0 Å². The van der Waals surface area contributed by atoms with Gasteiger partial charge in [-0.2, -0.15) is 0 Å². The maximum atomic E-state index is 9.75. The van der Waals surface area contributed by atoms with Crippen molar-refractivity contribution in [2.75, 3.05) is 13.2 Å². The van der Waals surface area contributed by atoms with Gasteiger partial charge in [0.1, 0.15) is 13.2 Å². The van der Waals surface area contributed by atoms with Crippen LogP contribution in [-0.4, -0.2) is 23.9 Å². The Kier molecular flexibility index (Phi) is 3.29. The summed E-state index contributed by atoms with van der Waals surface area (Å²) in [5, 5.41) is 9.75. The van der Waals surface area contributed by atoms with Gasteiger partial charge >= 0.3 is 0 Å². The van der Waals surface area contributed by atoms with E-state index in [4.69, 9.17) is 9.47 Å². The summed E-state index contributed by atoms with van der Waals surface area (Å²) >= 11 is 0. The summed E-state index contributed by atoms with van der Waals surface area (Å²) in [6, 6.07) is 4.06. The van der Waals surface area contributed by atoms with E-state index >= 15 is 0 Å². The lowest BCUT2D eigenvalue weighted by Crippen LogP contribution is -2.20. The first kappa shape index (κ1) is 12.2. The van der Waals surface area contributed by atoms with Crippen molar-refractivity contribution in [3.05, 3.63) is 23.3 Å². The van der Waals surface area contributed by atoms with Crippen molar-refractivity contribution in [3.63, 3.8) is 0 Å². The van der Waals surface area contributed by atoms with Crippen molar-refractivity contribution < 1.29 is 14.6 Å². The molecule has 0 saturated carbocycles. The Morgan fingerprint density at radius 1 is 1.18 bits per heavy atom. The highest BCUT2D eigenvalue weighted by Gasteiger charge is 2.17. The summed E-state index contributed by atoms with van der Waals surface area (Å²) in [6.07, 6.45) is 1.60. The zero-order valence-electron chi connectivity index (χ0n) is 10.7. The number of aliphatic hydroxyl groups is 1. The molecular weight excluding hydrogens is 216 g/mol. The molecule has 3 nitrogen and oxygen atoms in total. The lowest BCUT2D eigenvalue weighted by Gasteiger charge is -2.22. The SMILES string of the molecule is Cc1cc2c(cc1CCC(C)(C)O)OCCO2. The molecule has 94 valence electrons. The second kappa shape index (κ2) is 4.57. The fourth-order valence-electron chi connectivity index (χ4n) is 1.94. The Morgan fingerprint density at radius 2 is 1.76 bits per heavy atom. The summed E-state index contributed by atoms with van der Waals surface area (Å²) in [7, 11) is 0. The molecule has 0 aliphatic carbocycles. The van der Waals surface area contributed by atoms with Crippen LogP contribution in [0.4, 0.5) is 0 Å². The van der Waals surface area contributed by atoms with Crippen LogP contribution < -0.4 is 9.47 Å². The Bertz CT molecular complexity index is 405. The largest absolute Gasteiger partial charge is 0.486 e. The van der Waals surface area contributed by atoms with Crippen LogP contribution in [0.1, 0.15) is 31.4 Å². The predicted molar refractivity (Wildman–Crippen MR) is 66.8 cm³/mol. The Hall–Kier alpha value is -1.22. The highest BCUT2D eigenvalue weighted by molar-refractivity contribution is 5.47. The van der Waals surface area contributed by atoms with Gasteiger partial charge in [0, 0.05) is 0 Å². The van der Waals surface area contributed by atoms with Gasteiger partial charge in [0.25, 0.3) is 0 Å². The van der Waals surface area contributed by atoms with Gasteiger partial charge in [-0.05, 0) is 56.9 Å². The number of benzene rings is 1. The molecule has 0 fully saturated rings. The lowest BCUT2D eigenvalue weighted by molar-refractivity contribution is 0.0713. The summed E-state index contributed by atoms with van der Waals surface area (Å²) in [6.45, 7) is 6.97. The Morgan fingerprint density at radius 3 is 2.35 bits per heavy atom. The van der Waals surface area contributed by atoms with Gasteiger partial charge in [-0.25, -0.2) is 0 Å². The molecule has 1 aliphatic heterocycles. The molecule has 1 aromatic rings. The van der Waals surface area contributed by atoms with E-state index in [0.29, 0.717) is 13.2 Å². The van der Waals surface area contributed by atoms with Crippen molar-refractivity contribution in [3.8, 4) is 11.5 Å². The Labute approximate surface area is 102 Å². The van der Waals surface area contributed by atoms with Crippen molar-refractivity contribution in [1.82, 2.24) is 0 Å². The van der Waals surface area contributed by atoms with E-state index in [1.54, 1.807) is 0 Å². The van der Waals surface area contributed by atoms with Gasteiger partial charge in [-0.15, -0.1) is 0 Å². The number of aryl methyl sites for hydroxylation is 2. The fourth-order valence-corrected chi connectivity index (χ4v) is 1.94. The topological polar surface area (TPSA) is 38.7 Å². The van der Waals surface area contributed by atoms with Gasteiger partial charge in [0.05, 0.1) is 5.60 Å². The van der Waals surface area contributed by atoms with Crippen LogP contribution in [0.25, 0.3) is 0 Å². The van der Waals surface area contributed by atoms with Crippen molar-refractivity contribution in [2.24, 2.45) is 0 Å². The highest BCUT2D eigenvalue weighted by atomic mass is 16.6. The molecule has 2 rings (SSSR count). The maximum absolute atomic E-state index is 9.75. The monoisotopic (exact) mass is 236 g/mol. The molecule has 1 aromatic carbocycles. The zero-order valence-corrected chi connectivity index (χ0v) is 10.7. The third-order valence-electron chi connectivity index (χ3n) is 3.01. The molecule has 0 saturated heterocycles. The number of hydrogen-bond acceptors (Lipinski definition) is 3. The molecule has 1 heterocycles. The molecule has 17 heavy (non-hydrogen) atoms. The second-order valence-electron chi connectivity index (χ2n) is 5.23. The molecule has 1 N–H and O–H groups in total. The molecule has 0 bridgehead atoms. The smallest absolute Gasteiger partial charge is 0.161 e. The third-order valence-corrected chi connectivity index (χ3v) is 3.01. The van der Waals surface area contributed by atoms with Crippen LogP contribution in [0.5, 0.6) is 11.5 Å². The first-order chi connectivity index (χ1) is 7.96. The van der Waals surface area contributed by atoms with Gasteiger partial charge in [0.2, 0.25) is 0 Å². The number of fused-ring (bicyclic) bond motifs is 1. The van der Waals surface area contributed by atoms with E-state index in [2.05, 4.69) is 6.92 Å². The molecule has 0 radical (unpaired) electrons. The first-order valence-corrected chi connectivity index (χ1v) is 6.07. The van der Waals surface area contributed by atoms with Gasteiger partial charge in [-0.3, -0.25) is 0 Å². The molecule has 0 atom stereocenters. The lowest BCUT2D eigenvalue weighted by atomic mass is 9.96.